The van der Waals surface area contributed by atoms with Crippen molar-refractivity contribution >= 4 is 5.91 Å². The van der Waals surface area contributed by atoms with Crippen LogP contribution >= 0.6 is 0 Å². The molecule has 0 N–H and O–H groups in total. The Labute approximate surface area is 92.7 Å². The first-order chi connectivity index (χ1) is 6.95. The minimum Gasteiger partial charge on any atom is -0.340 e. The minimum absolute atomic E-state index is 0.0974. The third-order valence-electron chi connectivity index (χ3n) is 2.87. The Morgan fingerprint density at radius 2 is 2.07 bits per heavy atom. The van der Waals surface area contributed by atoms with Gasteiger partial charge in [-0.2, -0.15) is 0 Å². The number of rotatable bonds is 3. The van der Waals surface area contributed by atoms with Crippen molar-refractivity contribution in [2.75, 3.05) is 26.2 Å². The second-order valence-electron chi connectivity index (χ2n) is 5.05. The summed E-state index contributed by atoms with van der Waals surface area (Å²) in [6.07, 6.45) is 2.75. The third-order valence-corrected chi connectivity index (χ3v) is 2.87. The van der Waals surface area contributed by atoms with Crippen molar-refractivity contribution in [3.8, 4) is 0 Å². The number of carbonyl (C=O) groups excluding carboxylic acids is 1. The molecule has 1 heterocycles. The van der Waals surface area contributed by atoms with Crippen LogP contribution in [0.5, 0.6) is 0 Å². The molecule has 3 nitrogen and oxygen atoms in total. The molecule has 1 fully saturated rings. The molecule has 1 amide bonds. The zero-order valence-corrected chi connectivity index (χ0v) is 10.1. The summed E-state index contributed by atoms with van der Waals surface area (Å²) >= 11 is 0. The Bertz CT molecular complexity index is 242. The summed E-state index contributed by atoms with van der Waals surface area (Å²) in [4.78, 5) is 16.0. The predicted molar refractivity (Wildman–Crippen MR) is 62.7 cm³/mol. The molecule has 0 spiro atoms. The highest BCUT2D eigenvalue weighted by atomic mass is 16.2. The van der Waals surface area contributed by atoms with Gasteiger partial charge in [0.1, 0.15) is 0 Å². The fourth-order valence-electron chi connectivity index (χ4n) is 1.76. The molecule has 0 aromatic rings. The molecule has 0 radical (unpaired) electrons. The molecular formula is C12H22N2O. The highest BCUT2D eigenvalue weighted by molar-refractivity contribution is 5.79. The largest absolute Gasteiger partial charge is 0.340 e. The Morgan fingerprint density at radius 3 is 2.53 bits per heavy atom. The quantitative estimate of drug-likeness (QED) is 0.659. The van der Waals surface area contributed by atoms with E-state index in [-0.39, 0.29) is 11.4 Å². The summed E-state index contributed by atoms with van der Waals surface area (Å²) in [5.74, 6) is 0.248. The zero-order valence-electron chi connectivity index (χ0n) is 10.1. The van der Waals surface area contributed by atoms with Crippen LogP contribution in [0.3, 0.4) is 0 Å². The van der Waals surface area contributed by atoms with E-state index in [1.54, 1.807) is 0 Å². The van der Waals surface area contributed by atoms with Gasteiger partial charge in [0.2, 0.25) is 5.91 Å². The molecule has 3 heteroatoms. The highest BCUT2D eigenvalue weighted by Gasteiger charge is 2.29. The summed E-state index contributed by atoms with van der Waals surface area (Å²) in [5.41, 5.74) is 0.0974. The molecule has 0 aromatic carbocycles. The smallest absolute Gasteiger partial charge is 0.236 e. The van der Waals surface area contributed by atoms with Crippen molar-refractivity contribution in [1.82, 2.24) is 9.80 Å². The Kier molecular flexibility index (Phi) is 3.91. The molecule has 1 saturated heterocycles. The summed E-state index contributed by atoms with van der Waals surface area (Å²) in [6, 6.07) is 0. The van der Waals surface area contributed by atoms with E-state index in [2.05, 4.69) is 32.3 Å². The lowest BCUT2D eigenvalue weighted by atomic mass is 10.0. The first-order valence-electron chi connectivity index (χ1n) is 5.59. The first kappa shape index (κ1) is 12.2. The average Bonchev–Trinajstić information content (AvgIpc) is 2.14. The van der Waals surface area contributed by atoms with Crippen molar-refractivity contribution in [2.24, 2.45) is 0 Å². The van der Waals surface area contributed by atoms with Gasteiger partial charge in [0.25, 0.3) is 0 Å². The number of nitrogens with zero attached hydrogens (tertiary/aromatic N) is 2. The maximum Gasteiger partial charge on any atom is 0.236 e. The van der Waals surface area contributed by atoms with E-state index in [9.17, 15) is 4.79 Å². The molecule has 15 heavy (non-hydrogen) atoms. The van der Waals surface area contributed by atoms with Gasteiger partial charge in [-0.3, -0.25) is 9.69 Å². The Morgan fingerprint density at radius 1 is 1.40 bits per heavy atom. The molecule has 0 aliphatic carbocycles. The van der Waals surface area contributed by atoms with E-state index in [1.807, 2.05) is 11.0 Å². The van der Waals surface area contributed by atoms with Gasteiger partial charge in [-0.25, -0.2) is 0 Å². The number of carbonyl (C=O) groups is 1. The molecule has 86 valence electrons. The van der Waals surface area contributed by atoms with E-state index in [4.69, 9.17) is 0 Å². The second kappa shape index (κ2) is 4.79. The van der Waals surface area contributed by atoms with E-state index < -0.39 is 0 Å². The lowest BCUT2D eigenvalue weighted by molar-refractivity contribution is -0.138. The lowest BCUT2D eigenvalue weighted by Crippen LogP contribution is -2.56. The molecule has 1 aliphatic heterocycles. The third kappa shape index (κ3) is 3.34. The Hall–Kier alpha value is -0.830. The number of hydrogen-bond acceptors (Lipinski definition) is 2. The predicted octanol–water partition coefficient (Wildman–Crippen LogP) is 1.51. The van der Waals surface area contributed by atoms with Gasteiger partial charge in [0, 0.05) is 25.2 Å². The summed E-state index contributed by atoms with van der Waals surface area (Å²) in [5, 5.41) is 0. The van der Waals surface area contributed by atoms with E-state index in [0.717, 1.165) is 26.1 Å². The second-order valence-corrected chi connectivity index (χ2v) is 5.05. The lowest BCUT2D eigenvalue weighted by Gasteiger charge is -2.41. The molecule has 0 atom stereocenters. The SMILES string of the molecule is C=CCCN1CCN(C(C)(C)C)CC1=O. The fraction of sp³-hybridized carbons (Fsp3) is 0.750. The van der Waals surface area contributed by atoms with Gasteiger partial charge in [-0.15, -0.1) is 6.58 Å². The maximum absolute atomic E-state index is 11.8. The minimum atomic E-state index is 0.0974. The summed E-state index contributed by atoms with van der Waals surface area (Å²) < 4.78 is 0. The van der Waals surface area contributed by atoms with Crippen LogP contribution in [-0.2, 0) is 4.79 Å². The average molecular weight is 210 g/mol. The van der Waals surface area contributed by atoms with Crippen molar-refractivity contribution < 1.29 is 4.79 Å². The van der Waals surface area contributed by atoms with Gasteiger partial charge >= 0.3 is 0 Å². The summed E-state index contributed by atoms with van der Waals surface area (Å²) in [7, 11) is 0. The van der Waals surface area contributed by atoms with Gasteiger partial charge < -0.3 is 4.90 Å². The first-order valence-corrected chi connectivity index (χ1v) is 5.59. The topological polar surface area (TPSA) is 23.6 Å². The van der Waals surface area contributed by atoms with Crippen LogP contribution < -0.4 is 0 Å². The molecule has 1 aliphatic rings. The van der Waals surface area contributed by atoms with Crippen LogP contribution in [0.25, 0.3) is 0 Å². The van der Waals surface area contributed by atoms with Crippen molar-refractivity contribution in [1.29, 1.82) is 0 Å². The number of amides is 1. The fourth-order valence-corrected chi connectivity index (χ4v) is 1.76. The van der Waals surface area contributed by atoms with Gasteiger partial charge in [0.15, 0.2) is 0 Å². The number of piperazine rings is 1. The van der Waals surface area contributed by atoms with E-state index in [1.165, 1.54) is 0 Å². The number of hydrogen-bond donors (Lipinski definition) is 0. The molecule has 0 aromatic heterocycles. The van der Waals surface area contributed by atoms with Crippen LogP contribution in [0.1, 0.15) is 27.2 Å². The van der Waals surface area contributed by atoms with Gasteiger partial charge in [0.05, 0.1) is 6.54 Å². The maximum atomic E-state index is 11.8. The van der Waals surface area contributed by atoms with Gasteiger partial charge in [-0.05, 0) is 27.2 Å². The zero-order chi connectivity index (χ0) is 11.5. The molecule has 0 unspecified atom stereocenters. The normalized spacial score (nSPS) is 19.4. The van der Waals surface area contributed by atoms with E-state index in [0.29, 0.717) is 6.54 Å². The molecule has 1 rings (SSSR count). The van der Waals surface area contributed by atoms with Crippen molar-refractivity contribution in [3.05, 3.63) is 12.7 Å². The molecular weight excluding hydrogens is 188 g/mol. The molecule has 0 saturated carbocycles. The van der Waals surface area contributed by atoms with Crippen molar-refractivity contribution in [2.45, 2.75) is 32.7 Å². The monoisotopic (exact) mass is 210 g/mol. The molecule has 0 bridgehead atoms. The Balaban J connectivity index is 2.48. The van der Waals surface area contributed by atoms with Crippen LogP contribution in [0.4, 0.5) is 0 Å². The van der Waals surface area contributed by atoms with Crippen LogP contribution in [-0.4, -0.2) is 47.4 Å². The van der Waals surface area contributed by atoms with E-state index >= 15 is 0 Å². The van der Waals surface area contributed by atoms with Gasteiger partial charge in [-0.1, -0.05) is 6.08 Å². The standard InChI is InChI=1S/C12H22N2O/c1-5-6-7-13-8-9-14(10-11(13)15)12(2,3)4/h5H,1,6-10H2,2-4H3. The van der Waals surface area contributed by atoms with Crippen LogP contribution in [0.2, 0.25) is 0 Å². The summed E-state index contributed by atoms with van der Waals surface area (Å²) in [6.45, 7) is 13.3. The highest BCUT2D eigenvalue weighted by Crippen LogP contribution is 2.16. The van der Waals surface area contributed by atoms with Crippen LogP contribution in [0.15, 0.2) is 12.7 Å². The van der Waals surface area contributed by atoms with Crippen LogP contribution in [0, 0.1) is 0 Å². The van der Waals surface area contributed by atoms with Crippen molar-refractivity contribution in [3.63, 3.8) is 0 Å².